The van der Waals surface area contributed by atoms with Crippen LogP contribution in [0.4, 0.5) is 5.69 Å². The predicted molar refractivity (Wildman–Crippen MR) is 87.8 cm³/mol. The van der Waals surface area contributed by atoms with Gasteiger partial charge in [0.25, 0.3) is 0 Å². The van der Waals surface area contributed by atoms with Gasteiger partial charge in [-0.25, -0.2) is 0 Å². The van der Waals surface area contributed by atoms with Crippen LogP contribution >= 0.6 is 0 Å². The van der Waals surface area contributed by atoms with Crippen LogP contribution < -0.4 is 5.32 Å². The van der Waals surface area contributed by atoms with Gasteiger partial charge in [0, 0.05) is 11.3 Å². The first-order chi connectivity index (χ1) is 10.3. The molecule has 22 heavy (non-hydrogen) atoms. The quantitative estimate of drug-likeness (QED) is 0.671. The smallest absolute Gasteiger partial charge is 0.234 e. The maximum Gasteiger partial charge on any atom is 0.234 e. The third-order valence-corrected chi connectivity index (χ3v) is 5.87. The van der Waals surface area contributed by atoms with Gasteiger partial charge in [0.1, 0.15) is 0 Å². The Morgan fingerprint density at radius 2 is 1.86 bits per heavy atom. The maximum atomic E-state index is 12.9. The Labute approximate surface area is 131 Å². The number of carbonyl (C=O) groups is 2. The Balaban J connectivity index is 1.80. The summed E-state index contributed by atoms with van der Waals surface area (Å²) in [6.45, 7) is 10.2. The van der Waals surface area contributed by atoms with Crippen molar-refractivity contribution in [3.8, 4) is 0 Å². The SMILES string of the molecule is C=C1C(C)(C)[C@H]2CC[C@@]1(C(=O)Nc1ccc(C(C)=O)cc1)C2. The number of hydrogen-bond donors (Lipinski definition) is 1. The molecular weight excluding hydrogens is 274 g/mol. The van der Waals surface area contributed by atoms with Crippen molar-refractivity contribution in [1.29, 1.82) is 0 Å². The molecule has 3 heteroatoms. The lowest BCUT2D eigenvalue weighted by Crippen LogP contribution is -2.37. The van der Waals surface area contributed by atoms with Gasteiger partial charge in [-0.1, -0.05) is 26.0 Å². The molecule has 0 aliphatic heterocycles. The van der Waals surface area contributed by atoms with E-state index in [1.807, 2.05) is 0 Å². The lowest BCUT2D eigenvalue weighted by Gasteiger charge is -2.37. The highest BCUT2D eigenvalue weighted by Gasteiger charge is 2.60. The van der Waals surface area contributed by atoms with Gasteiger partial charge in [-0.3, -0.25) is 9.59 Å². The lowest BCUT2D eigenvalue weighted by atomic mass is 9.68. The van der Waals surface area contributed by atoms with Gasteiger partial charge in [-0.15, -0.1) is 0 Å². The van der Waals surface area contributed by atoms with E-state index in [0.29, 0.717) is 11.5 Å². The second-order valence-electron chi connectivity index (χ2n) is 7.31. The first kappa shape index (κ1) is 15.0. The molecule has 1 N–H and O–H groups in total. The molecule has 0 heterocycles. The van der Waals surface area contributed by atoms with Crippen molar-refractivity contribution in [3.05, 3.63) is 42.0 Å². The van der Waals surface area contributed by atoms with Crippen molar-refractivity contribution in [1.82, 2.24) is 0 Å². The lowest BCUT2D eigenvalue weighted by molar-refractivity contribution is -0.123. The van der Waals surface area contributed by atoms with Crippen molar-refractivity contribution in [2.75, 3.05) is 5.32 Å². The number of anilines is 1. The summed E-state index contributed by atoms with van der Waals surface area (Å²) in [7, 11) is 0. The van der Waals surface area contributed by atoms with Gasteiger partial charge < -0.3 is 5.32 Å². The molecule has 2 aliphatic rings. The summed E-state index contributed by atoms with van der Waals surface area (Å²) in [6.07, 6.45) is 2.91. The summed E-state index contributed by atoms with van der Waals surface area (Å²) in [6, 6.07) is 7.09. The molecular formula is C19H23NO2. The van der Waals surface area contributed by atoms with E-state index in [-0.39, 0.29) is 17.1 Å². The topological polar surface area (TPSA) is 46.2 Å². The number of hydrogen-bond acceptors (Lipinski definition) is 2. The molecule has 2 saturated carbocycles. The van der Waals surface area contributed by atoms with Crippen molar-refractivity contribution < 1.29 is 9.59 Å². The van der Waals surface area contributed by atoms with E-state index < -0.39 is 5.41 Å². The van der Waals surface area contributed by atoms with Crippen molar-refractivity contribution in [3.63, 3.8) is 0 Å². The average molecular weight is 297 g/mol. The molecule has 1 aromatic rings. The number of carbonyl (C=O) groups excluding carboxylic acids is 2. The number of amides is 1. The van der Waals surface area contributed by atoms with Crippen LogP contribution in [0.1, 0.15) is 50.4 Å². The minimum absolute atomic E-state index is 0.0287. The summed E-state index contributed by atoms with van der Waals surface area (Å²) in [5.74, 6) is 0.646. The third kappa shape index (κ3) is 2.03. The van der Waals surface area contributed by atoms with Crippen LogP contribution in [0.3, 0.4) is 0 Å². The molecule has 0 unspecified atom stereocenters. The van der Waals surface area contributed by atoms with E-state index in [9.17, 15) is 9.59 Å². The van der Waals surface area contributed by atoms with Crippen LogP contribution in [-0.4, -0.2) is 11.7 Å². The molecule has 2 bridgehead atoms. The van der Waals surface area contributed by atoms with E-state index in [4.69, 9.17) is 0 Å². The predicted octanol–water partition coefficient (Wildman–Crippen LogP) is 4.21. The van der Waals surface area contributed by atoms with E-state index in [1.54, 1.807) is 24.3 Å². The fraction of sp³-hybridized carbons (Fsp3) is 0.474. The molecule has 1 amide bonds. The largest absolute Gasteiger partial charge is 0.325 e. The maximum absolute atomic E-state index is 12.9. The number of rotatable bonds is 3. The summed E-state index contributed by atoms with van der Waals surface area (Å²) in [4.78, 5) is 24.2. The monoisotopic (exact) mass is 297 g/mol. The Morgan fingerprint density at radius 3 is 2.36 bits per heavy atom. The van der Waals surface area contributed by atoms with E-state index >= 15 is 0 Å². The highest BCUT2D eigenvalue weighted by atomic mass is 16.2. The molecule has 0 radical (unpaired) electrons. The molecule has 2 fully saturated rings. The van der Waals surface area contributed by atoms with Crippen LogP contribution in [0, 0.1) is 16.7 Å². The second-order valence-corrected chi connectivity index (χ2v) is 7.31. The van der Waals surface area contributed by atoms with Crippen molar-refractivity contribution >= 4 is 17.4 Å². The van der Waals surface area contributed by atoms with Gasteiger partial charge in [-0.2, -0.15) is 0 Å². The molecule has 3 rings (SSSR count). The van der Waals surface area contributed by atoms with Crippen LogP contribution in [0.25, 0.3) is 0 Å². The first-order valence-electron chi connectivity index (χ1n) is 7.90. The highest BCUT2D eigenvalue weighted by Crippen LogP contribution is 2.65. The van der Waals surface area contributed by atoms with Gasteiger partial charge in [0.2, 0.25) is 5.91 Å². The van der Waals surface area contributed by atoms with Crippen molar-refractivity contribution in [2.45, 2.75) is 40.0 Å². The van der Waals surface area contributed by atoms with E-state index in [0.717, 1.165) is 30.5 Å². The summed E-state index contributed by atoms with van der Waals surface area (Å²) in [5.41, 5.74) is 2.12. The zero-order valence-corrected chi connectivity index (χ0v) is 13.5. The summed E-state index contributed by atoms with van der Waals surface area (Å²) in [5, 5.41) is 3.03. The molecule has 2 atom stereocenters. The number of Topliss-reactive ketones (excluding diaryl/α,β-unsaturated/α-hetero) is 1. The Bertz CT molecular complexity index is 657. The van der Waals surface area contributed by atoms with Crippen molar-refractivity contribution in [2.24, 2.45) is 16.7 Å². The van der Waals surface area contributed by atoms with Crippen LogP contribution in [0.2, 0.25) is 0 Å². The number of benzene rings is 1. The molecule has 0 spiro atoms. The first-order valence-corrected chi connectivity index (χ1v) is 7.90. The Kier molecular flexibility index (Phi) is 3.28. The van der Waals surface area contributed by atoms with E-state index in [1.165, 1.54) is 6.92 Å². The average Bonchev–Trinajstić information content (AvgIpc) is 3.00. The summed E-state index contributed by atoms with van der Waals surface area (Å²) >= 11 is 0. The zero-order chi connectivity index (χ0) is 16.1. The molecule has 0 saturated heterocycles. The number of fused-ring (bicyclic) bond motifs is 2. The summed E-state index contributed by atoms with van der Waals surface area (Å²) < 4.78 is 0. The molecule has 3 nitrogen and oxygen atoms in total. The number of ketones is 1. The zero-order valence-electron chi connectivity index (χ0n) is 13.5. The van der Waals surface area contributed by atoms with E-state index in [2.05, 4.69) is 25.7 Å². The number of nitrogens with one attached hydrogen (secondary N) is 1. The second kappa shape index (κ2) is 4.80. The third-order valence-electron chi connectivity index (χ3n) is 5.87. The molecule has 116 valence electrons. The van der Waals surface area contributed by atoms with Gasteiger partial charge in [0.15, 0.2) is 5.78 Å². The van der Waals surface area contributed by atoms with Gasteiger partial charge >= 0.3 is 0 Å². The standard InChI is InChI=1S/C19H23NO2/c1-12(21)14-5-7-16(8-6-14)20-17(22)19-10-9-15(11-19)18(3,4)13(19)2/h5-8,15H,2,9-11H2,1,3-4H3,(H,20,22)/t15-,19+/m0/s1. The Hall–Kier alpha value is -1.90. The van der Waals surface area contributed by atoms with Crippen LogP contribution in [-0.2, 0) is 4.79 Å². The Morgan fingerprint density at radius 1 is 1.23 bits per heavy atom. The minimum Gasteiger partial charge on any atom is -0.325 e. The molecule has 2 aliphatic carbocycles. The van der Waals surface area contributed by atoms with Gasteiger partial charge in [0.05, 0.1) is 5.41 Å². The van der Waals surface area contributed by atoms with Crippen LogP contribution in [0.15, 0.2) is 36.4 Å². The minimum atomic E-state index is -0.409. The highest BCUT2D eigenvalue weighted by molar-refractivity contribution is 5.99. The van der Waals surface area contributed by atoms with Crippen LogP contribution in [0.5, 0.6) is 0 Å². The molecule has 1 aromatic carbocycles. The molecule has 0 aromatic heterocycles. The fourth-order valence-corrected chi connectivity index (χ4v) is 4.18. The normalized spacial score (nSPS) is 28.7. The fourth-order valence-electron chi connectivity index (χ4n) is 4.18. The van der Waals surface area contributed by atoms with Gasteiger partial charge in [-0.05, 0) is 61.8 Å².